The fourth-order valence-corrected chi connectivity index (χ4v) is 4.41. The molecule has 1 aliphatic heterocycles. The summed E-state index contributed by atoms with van der Waals surface area (Å²) in [5.74, 6) is -0.362. The number of nitrogens with one attached hydrogen (secondary N) is 1. The van der Waals surface area contributed by atoms with Gasteiger partial charge in [0.2, 0.25) is 0 Å². The van der Waals surface area contributed by atoms with Crippen molar-refractivity contribution in [2.75, 3.05) is 20.2 Å². The molecular weight excluding hydrogens is 424 g/mol. The Labute approximate surface area is 192 Å². The van der Waals surface area contributed by atoms with E-state index in [0.717, 1.165) is 31.6 Å². The number of benzene rings is 2. The third-order valence-electron chi connectivity index (χ3n) is 6.23. The Bertz CT molecular complexity index is 1140. The SMILES string of the molecule is COc1ccc(F)cc1-c1cc(C(=O)NN2CCCCC2)c(C)n1CCc1ccccc1F. The van der Waals surface area contributed by atoms with Gasteiger partial charge in [0, 0.05) is 30.9 Å². The Balaban J connectivity index is 1.71. The van der Waals surface area contributed by atoms with Gasteiger partial charge >= 0.3 is 0 Å². The molecule has 2 aromatic carbocycles. The quantitative estimate of drug-likeness (QED) is 0.540. The molecule has 0 unspecified atom stereocenters. The van der Waals surface area contributed by atoms with Gasteiger partial charge in [0.05, 0.1) is 18.4 Å². The second-order valence-electron chi connectivity index (χ2n) is 8.35. The van der Waals surface area contributed by atoms with Gasteiger partial charge in [-0.05, 0) is 62.1 Å². The second-order valence-corrected chi connectivity index (χ2v) is 8.35. The minimum atomic E-state index is -0.398. The van der Waals surface area contributed by atoms with E-state index in [0.29, 0.717) is 41.1 Å². The second kappa shape index (κ2) is 10.2. The fourth-order valence-electron chi connectivity index (χ4n) is 4.41. The summed E-state index contributed by atoms with van der Waals surface area (Å²) in [7, 11) is 1.53. The van der Waals surface area contributed by atoms with Gasteiger partial charge in [0.1, 0.15) is 17.4 Å². The number of hydrogen-bond acceptors (Lipinski definition) is 3. The van der Waals surface area contributed by atoms with Gasteiger partial charge in [-0.25, -0.2) is 13.8 Å². The predicted octanol–water partition coefficient (Wildman–Crippen LogP) is 5.12. The van der Waals surface area contributed by atoms with Crippen molar-refractivity contribution in [1.29, 1.82) is 0 Å². The van der Waals surface area contributed by atoms with E-state index in [9.17, 15) is 13.6 Å². The Hall–Kier alpha value is -3.19. The van der Waals surface area contributed by atoms with Crippen LogP contribution < -0.4 is 10.2 Å². The molecule has 0 aliphatic carbocycles. The fraction of sp³-hybridized carbons (Fsp3) is 0.346. The molecule has 7 heteroatoms. The normalized spacial score (nSPS) is 14.3. The first-order valence-electron chi connectivity index (χ1n) is 11.3. The molecule has 0 saturated carbocycles. The van der Waals surface area contributed by atoms with E-state index in [2.05, 4.69) is 5.43 Å². The lowest BCUT2D eigenvalue weighted by molar-refractivity contribution is 0.0749. The summed E-state index contributed by atoms with van der Waals surface area (Å²) >= 11 is 0. The Morgan fingerprint density at radius 1 is 1.06 bits per heavy atom. The van der Waals surface area contributed by atoms with Crippen molar-refractivity contribution in [3.8, 4) is 17.0 Å². The van der Waals surface area contributed by atoms with E-state index in [1.54, 1.807) is 30.3 Å². The lowest BCUT2D eigenvalue weighted by Crippen LogP contribution is -2.45. The molecule has 1 amide bonds. The van der Waals surface area contributed by atoms with Crippen molar-refractivity contribution in [2.24, 2.45) is 0 Å². The average Bonchev–Trinajstić information content (AvgIpc) is 3.15. The summed E-state index contributed by atoms with van der Waals surface area (Å²) in [5, 5.41) is 1.95. The smallest absolute Gasteiger partial charge is 0.267 e. The summed E-state index contributed by atoms with van der Waals surface area (Å²) in [6.45, 7) is 3.94. The Morgan fingerprint density at radius 2 is 1.82 bits per heavy atom. The van der Waals surface area contributed by atoms with E-state index >= 15 is 0 Å². The zero-order chi connectivity index (χ0) is 23.4. The molecule has 0 radical (unpaired) electrons. The van der Waals surface area contributed by atoms with E-state index in [-0.39, 0.29) is 11.7 Å². The molecule has 0 bridgehead atoms. The van der Waals surface area contributed by atoms with Crippen LogP contribution in [0.4, 0.5) is 8.78 Å². The van der Waals surface area contributed by atoms with Crippen LogP contribution in [-0.2, 0) is 13.0 Å². The zero-order valence-corrected chi connectivity index (χ0v) is 19.0. The number of aryl methyl sites for hydroxylation is 1. The summed E-state index contributed by atoms with van der Waals surface area (Å²) in [6, 6.07) is 12.7. The van der Waals surface area contributed by atoms with Crippen molar-refractivity contribution >= 4 is 5.91 Å². The number of piperidine rings is 1. The first kappa shape index (κ1) is 23.0. The number of halogens is 2. The first-order chi connectivity index (χ1) is 16.0. The standard InChI is InChI=1S/C26H29F2N3O2/c1-18-21(26(32)29-30-13-6-3-7-14-30)17-24(22-16-20(27)10-11-25(22)33-2)31(18)15-12-19-8-4-5-9-23(19)28/h4-5,8-11,16-17H,3,6-7,12-15H2,1-2H3,(H,29,32). The number of hydrazine groups is 1. The Kier molecular flexibility index (Phi) is 7.08. The van der Waals surface area contributed by atoms with Crippen LogP contribution in [0.2, 0.25) is 0 Å². The summed E-state index contributed by atoms with van der Waals surface area (Å²) in [6.07, 6.45) is 3.70. The molecule has 1 N–H and O–H groups in total. The average molecular weight is 454 g/mol. The highest BCUT2D eigenvalue weighted by Crippen LogP contribution is 2.34. The highest BCUT2D eigenvalue weighted by atomic mass is 19.1. The molecule has 1 saturated heterocycles. The van der Waals surface area contributed by atoms with Gasteiger partial charge in [-0.2, -0.15) is 0 Å². The van der Waals surface area contributed by atoms with Crippen LogP contribution in [0.1, 0.15) is 40.9 Å². The molecule has 1 fully saturated rings. The number of rotatable bonds is 7. The van der Waals surface area contributed by atoms with E-state index < -0.39 is 5.82 Å². The maximum absolute atomic E-state index is 14.2. The van der Waals surface area contributed by atoms with Gasteiger partial charge in [-0.3, -0.25) is 10.2 Å². The van der Waals surface area contributed by atoms with Crippen LogP contribution in [0.3, 0.4) is 0 Å². The number of nitrogens with zero attached hydrogens (tertiary/aromatic N) is 2. The largest absolute Gasteiger partial charge is 0.496 e. The minimum absolute atomic E-state index is 0.198. The number of ether oxygens (including phenoxy) is 1. The predicted molar refractivity (Wildman–Crippen MR) is 124 cm³/mol. The zero-order valence-electron chi connectivity index (χ0n) is 19.0. The minimum Gasteiger partial charge on any atom is -0.496 e. The van der Waals surface area contributed by atoms with Crippen LogP contribution in [0.25, 0.3) is 11.3 Å². The molecule has 1 aromatic heterocycles. The third kappa shape index (κ3) is 5.09. The molecule has 174 valence electrons. The number of amides is 1. The van der Waals surface area contributed by atoms with Crippen LogP contribution in [-0.4, -0.2) is 35.7 Å². The van der Waals surface area contributed by atoms with Crippen LogP contribution >= 0.6 is 0 Å². The van der Waals surface area contributed by atoms with E-state index in [1.165, 1.54) is 31.7 Å². The molecule has 4 rings (SSSR count). The highest BCUT2D eigenvalue weighted by molar-refractivity contribution is 5.97. The summed E-state index contributed by atoms with van der Waals surface area (Å²) in [4.78, 5) is 13.1. The number of hydrogen-bond donors (Lipinski definition) is 1. The van der Waals surface area contributed by atoms with Gasteiger partial charge in [-0.15, -0.1) is 0 Å². The number of aromatic nitrogens is 1. The van der Waals surface area contributed by atoms with E-state index in [1.807, 2.05) is 16.5 Å². The summed E-state index contributed by atoms with van der Waals surface area (Å²) < 4.78 is 35.8. The van der Waals surface area contributed by atoms with Crippen molar-refractivity contribution in [3.05, 3.63) is 77.0 Å². The van der Waals surface area contributed by atoms with Crippen molar-refractivity contribution in [1.82, 2.24) is 15.0 Å². The molecule has 33 heavy (non-hydrogen) atoms. The number of carbonyl (C=O) groups is 1. The van der Waals surface area contributed by atoms with E-state index in [4.69, 9.17) is 4.74 Å². The van der Waals surface area contributed by atoms with Gasteiger partial charge < -0.3 is 9.30 Å². The van der Waals surface area contributed by atoms with Crippen LogP contribution in [0, 0.1) is 18.6 Å². The maximum Gasteiger partial charge on any atom is 0.267 e. The maximum atomic E-state index is 14.2. The first-order valence-corrected chi connectivity index (χ1v) is 11.3. The molecule has 0 spiro atoms. The monoisotopic (exact) mass is 453 g/mol. The molecule has 0 atom stereocenters. The topological polar surface area (TPSA) is 46.5 Å². The molecule has 5 nitrogen and oxygen atoms in total. The lowest BCUT2D eigenvalue weighted by atomic mass is 10.1. The van der Waals surface area contributed by atoms with Gasteiger partial charge in [-0.1, -0.05) is 24.6 Å². The summed E-state index contributed by atoms with van der Waals surface area (Å²) in [5.41, 5.74) is 6.04. The third-order valence-corrected chi connectivity index (χ3v) is 6.23. The van der Waals surface area contributed by atoms with Gasteiger partial charge in [0.15, 0.2) is 0 Å². The highest BCUT2D eigenvalue weighted by Gasteiger charge is 2.23. The van der Waals surface area contributed by atoms with Crippen LogP contribution in [0.15, 0.2) is 48.5 Å². The molecular formula is C26H29F2N3O2. The van der Waals surface area contributed by atoms with Gasteiger partial charge in [0.25, 0.3) is 5.91 Å². The van der Waals surface area contributed by atoms with Crippen molar-refractivity contribution < 1.29 is 18.3 Å². The molecule has 1 aliphatic rings. The lowest BCUT2D eigenvalue weighted by Gasteiger charge is -2.26. The van der Waals surface area contributed by atoms with Crippen LogP contribution in [0.5, 0.6) is 5.75 Å². The Morgan fingerprint density at radius 3 is 2.55 bits per heavy atom. The number of carbonyl (C=O) groups excluding carboxylic acids is 1. The van der Waals surface area contributed by atoms with Crippen molar-refractivity contribution in [2.45, 2.75) is 39.2 Å². The van der Waals surface area contributed by atoms with Crippen molar-refractivity contribution in [3.63, 3.8) is 0 Å². The molecule has 2 heterocycles. The molecule has 3 aromatic rings. The number of methoxy groups -OCH3 is 1.